The minimum absolute atomic E-state index is 0.152. The number of halogens is 3. The lowest BCUT2D eigenvalue weighted by atomic mass is 9.64. The molecule has 2 atom stereocenters. The second kappa shape index (κ2) is 5.16. The van der Waals surface area contributed by atoms with Gasteiger partial charge in [0, 0.05) is 17.1 Å². The van der Waals surface area contributed by atoms with Gasteiger partial charge in [0.15, 0.2) is 6.61 Å². The molecule has 1 aromatic carbocycles. The first-order valence-electron chi connectivity index (χ1n) is 6.43. The summed E-state index contributed by atoms with van der Waals surface area (Å²) in [7, 11) is 0. The first-order chi connectivity index (χ1) is 9.18. The van der Waals surface area contributed by atoms with Crippen molar-refractivity contribution in [3.8, 4) is 5.75 Å². The quantitative estimate of drug-likeness (QED) is 0.894. The molecule has 0 saturated heterocycles. The molecule has 2 unspecified atom stereocenters. The third kappa shape index (κ3) is 3.36. The standard InChI is InChI=1S/C14H18F3NO2/c1-13(2)11(7-12(13)19)18-9-3-5-10(6-4-9)20-8-14(15,16)17/h3-6,11-12,18-19H,7-8H2,1-2H3. The molecule has 3 nitrogen and oxygen atoms in total. The van der Waals surface area contributed by atoms with Crippen LogP contribution in [0.5, 0.6) is 5.75 Å². The highest BCUT2D eigenvalue weighted by atomic mass is 19.4. The number of ether oxygens (including phenoxy) is 1. The average molecular weight is 289 g/mol. The van der Waals surface area contributed by atoms with E-state index in [1.54, 1.807) is 12.1 Å². The predicted molar refractivity (Wildman–Crippen MR) is 69.8 cm³/mol. The largest absolute Gasteiger partial charge is 0.484 e. The SMILES string of the molecule is CC1(C)C(O)CC1Nc1ccc(OCC(F)(F)F)cc1. The first-order valence-corrected chi connectivity index (χ1v) is 6.43. The van der Waals surface area contributed by atoms with Crippen LogP contribution < -0.4 is 10.1 Å². The fraction of sp³-hybridized carbons (Fsp3) is 0.571. The van der Waals surface area contributed by atoms with Crippen molar-refractivity contribution in [3.05, 3.63) is 24.3 Å². The monoisotopic (exact) mass is 289 g/mol. The molecule has 6 heteroatoms. The molecule has 1 fully saturated rings. The van der Waals surface area contributed by atoms with E-state index in [2.05, 4.69) is 10.1 Å². The van der Waals surface area contributed by atoms with E-state index >= 15 is 0 Å². The maximum atomic E-state index is 12.0. The van der Waals surface area contributed by atoms with Crippen molar-refractivity contribution >= 4 is 5.69 Å². The summed E-state index contributed by atoms with van der Waals surface area (Å²) in [6.07, 6.45) is -3.99. The van der Waals surface area contributed by atoms with Gasteiger partial charge in [-0.25, -0.2) is 0 Å². The average Bonchev–Trinajstić information content (AvgIpc) is 2.36. The number of aliphatic hydroxyl groups excluding tert-OH is 1. The lowest BCUT2D eigenvalue weighted by Gasteiger charge is -2.49. The Kier molecular flexibility index (Phi) is 3.86. The molecule has 1 saturated carbocycles. The molecule has 1 aromatic rings. The van der Waals surface area contributed by atoms with Crippen LogP contribution in [0.2, 0.25) is 0 Å². The smallest absolute Gasteiger partial charge is 0.422 e. The van der Waals surface area contributed by atoms with E-state index in [9.17, 15) is 18.3 Å². The number of hydrogen-bond acceptors (Lipinski definition) is 3. The van der Waals surface area contributed by atoms with Gasteiger partial charge in [-0.1, -0.05) is 13.8 Å². The molecule has 0 heterocycles. The van der Waals surface area contributed by atoms with Crippen molar-refractivity contribution in [1.29, 1.82) is 0 Å². The van der Waals surface area contributed by atoms with Gasteiger partial charge >= 0.3 is 6.18 Å². The number of alkyl halides is 3. The van der Waals surface area contributed by atoms with Crippen LogP contribution in [-0.2, 0) is 0 Å². The van der Waals surface area contributed by atoms with Crippen molar-refractivity contribution in [1.82, 2.24) is 0 Å². The molecule has 1 aliphatic rings. The van der Waals surface area contributed by atoms with Crippen molar-refractivity contribution in [2.24, 2.45) is 5.41 Å². The van der Waals surface area contributed by atoms with E-state index in [0.29, 0.717) is 6.42 Å². The zero-order valence-corrected chi connectivity index (χ0v) is 11.4. The topological polar surface area (TPSA) is 41.5 Å². The fourth-order valence-electron chi connectivity index (χ4n) is 2.16. The Hall–Kier alpha value is -1.43. The van der Waals surface area contributed by atoms with E-state index in [4.69, 9.17) is 0 Å². The number of benzene rings is 1. The van der Waals surface area contributed by atoms with E-state index in [1.165, 1.54) is 12.1 Å². The van der Waals surface area contributed by atoms with E-state index in [1.807, 2.05) is 13.8 Å². The van der Waals surface area contributed by atoms with Gasteiger partial charge in [0.05, 0.1) is 6.10 Å². The summed E-state index contributed by atoms with van der Waals surface area (Å²) in [4.78, 5) is 0. The lowest BCUT2D eigenvalue weighted by Crippen LogP contribution is -2.56. The minimum atomic E-state index is -4.33. The van der Waals surface area contributed by atoms with Crippen molar-refractivity contribution in [3.63, 3.8) is 0 Å². The molecule has 0 aromatic heterocycles. The molecular formula is C14H18F3NO2. The molecule has 0 bridgehead atoms. The van der Waals surface area contributed by atoms with Gasteiger partial charge in [-0.15, -0.1) is 0 Å². The van der Waals surface area contributed by atoms with Gasteiger partial charge in [0.25, 0.3) is 0 Å². The zero-order chi connectivity index (χ0) is 15.0. The molecule has 112 valence electrons. The summed E-state index contributed by atoms with van der Waals surface area (Å²) in [5.74, 6) is 0.181. The van der Waals surface area contributed by atoms with Crippen molar-refractivity contribution in [2.75, 3.05) is 11.9 Å². The van der Waals surface area contributed by atoms with Crippen LogP contribution in [0.15, 0.2) is 24.3 Å². The van der Waals surface area contributed by atoms with Gasteiger partial charge in [-0.3, -0.25) is 0 Å². The van der Waals surface area contributed by atoms with Crippen molar-refractivity contribution < 1.29 is 23.0 Å². The Balaban J connectivity index is 1.89. The third-order valence-corrected chi connectivity index (χ3v) is 3.81. The van der Waals surface area contributed by atoms with Crippen LogP contribution in [0.1, 0.15) is 20.3 Å². The first kappa shape index (κ1) is 15.0. The maximum Gasteiger partial charge on any atom is 0.422 e. The van der Waals surface area contributed by atoms with Gasteiger partial charge in [-0.2, -0.15) is 13.2 Å². The van der Waals surface area contributed by atoms with Crippen LogP contribution in [0.4, 0.5) is 18.9 Å². The normalized spacial score (nSPS) is 24.9. The van der Waals surface area contributed by atoms with Crippen molar-refractivity contribution in [2.45, 2.75) is 38.6 Å². The molecule has 1 aliphatic carbocycles. The van der Waals surface area contributed by atoms with Gasteiger partial charge in [-0.05, 0) is 30.7 Å². The Morgan fingerprint density at radius 2 is 1.90 bits per heavy atom. The van der Waals surface area contributed by atoms with Gasteiger partial charge < -0.3 is 15.2 Å². The second-order valence-corrected chi connectivity index (χ2v) is 5.70. The molecule has 20 heavy (non-hydrogen) atoms. The second-order valence-electron chi connectivity index (χ2n) is 5.70. The highest BCUT2D eigenvalue weighted by Crippen LogP contribution is 2.42. The summed E-state index contributed by atoms with van der Waals surface area (Å²) >= 11 is 0. The lowest BCUT2D eigenvalue weighted by molar-refractivity contribution is -0.153. The van der Waals surface area contributed by atoms with Crippen LogP contribution >= 0.6 is 0 Å². The molecule has 2 rings (SSSR count). The Labute approximate surface area is 115 Å². The molecule has 0 radical (unpaired) electrons. The van der Waals surface area contributed by atoms with E-state index in [0.717, 1.165) is 5.69 Å². The van der Waals surface area contributed by atoms with E-state index in [-0.39, 0.29) is 23.3 Å². The van der Waals surface area contributed by atoms with Crippen LogP contribution in [0.3, 0.4) is 0 Å². The minimum Gasteiger partial charge on any atom is -0.484 e. The Morgan fingerprint density at radius 3 is 2.35 bits per heavy atom. The molecular weight excluding hydrogens is 271 g/mol. The number of nitrogens with one attached hydrogen (secondary N) is 1. The highest BCUT2D eigenvalue weighted by Gasteiger charge is 2.47. The third-order valence-electron chi connectivity index (χ3n) is 3.81. The molecule has 2 N–H and O–H groups in total. The van der Waals surface area contributed by atoms with Crippen LogP contribution in [0.25, 0.3) is 0 Å². The van der Waals surface area contributed by atoms with Gasteiger partial charge in [0.1, 0.15) is 5.75 Å². The molecule has 0 aliphatic heterocycles. The Bertz CT molecular complexity index is 456. The van der Waals surface area contributed by atoms with Crippen LogP contribution in [0, 0.1) is 5.41 Å². The van der Waals surface area contributed by atoms with Crippen LogP contribution in [-0.4, -0.2) is 30.0 Å². The summed E-state index contributed by atoms with van der Waals surface area (Å²) < 4.78 is 40.7. The number of anilines is 1. The number of hydrogen-bond donors (Lipinski definition) is 2. The maximum absolute atomic E-state index is 12.0. The highest BCUT2D eigenvalue weighted by molar-refractivity contribution is 5.48. The summed E-state index contributed by atoms with van der Waals surface area (Å²) in [5, 5.41) is 12.9. The number of aliphatic hydroxyl groups is 1. The number of rotatable bonds is 4. The zero-order valence-electron chi connectivity index (χ0n) is 11.4. The summed E-state index contributed by atoms with van der Waals surface area (Å²) in [6, 6.07) is 6.49. The predicted octanol–water partition coefficient (Wildman–Crippen LogP) is 3.20. The molecule has 0 amide bonds. The Morgan fingerprint density at radius 1 is 1.30 bits per heavy atom. The van der Waals surface area contributed by atoms with Gasteiger partial charge in [0.2, 0.25) is 0 Å². The summed E-state index contributed by atoms with van der Waals surface area (Å²) in [6.45, 7) is 2.65. The van der Waals surface area contributed by atoms with E-state index < -0.39 is 12.8 Å². The summed E-state index contributed by atoms with van der Waals surface area (Å²) in [5.41, 5.74) is 0.597. The fourth-order valence-corrected chi connectivity index (χ4v) is 2.16. The molecule has 0 spiro atoms.